The van der Waals surface area contributed by atoms with E-state index in [4.69, 9.17) is 0 Å². The quantitative estimate of drug-likeness (QED) is 0.912. The van der Waals surface area contributed by atoms with Gasteiger partial charge in [-0.15, -0.1) is 0 Å². The summed E-state index contributed by atoms with van der Waals surface area (Å²) in [5.41, 5.74) is 1.42. The molecule has 0 bridgehead atoms. The molecule has 1 N–H and O–H groups in total. The molecule has 0 spiro atoms. The van der Waals surface area contributed by atoms with Gasteiger partial charge in [-0.25, -0.2) is 4.79 Å². The van der Waals surface area contributed by atoms with Gasteiger partial charge in [0.1, 0.15) is 5.54 Å². The van der Waals surface area contributed by atoms with Crippen LogP contribution >= 0.6 is 0 Å². The number of nitrogens with zero attached hydrogens (tertiary/aromatic N) is 2. The van der Waals surface area contributed by atoms with Gasteiger partial charge in [0, 0.05) is 26.3 Å². The minimum atomic E-state index is -0.740. The number of hydrogen-bond acceptors (Lipinski definition) is 2. The van der Waals surface area contributed by atoms with Crippen molar-refractivity contribution in [1.82, 2.24) is 10.2 Å². The van der Waals surface area contributed by atoms with Crippen molar-refractivity contribution in [3.05, 3.63) is 29.8 Å². The van der Waals surface area contributed by atoms with E-state index in [-0.39, 0.29) is 11.9 Å². The lowest BCUT2D eigenvalue weighted by Gasteiger charge is -2.39. The molecular weight excluding hydrogens is 290 g/mol. The predicted octanol–water partition coefficient (Wildman–Crippen LogP) is 2.55. The zero-order valence-corrected chi connectivity index (χ0v) is 14.0. The van der Waals surface area contributed by atoms with Crippen LogP contribution < -0.4 is 10.2 Å². The Labute approximate surface area is 137 Å². The third-order valence-electron chi connectivity index (χ3n) is 5.00. The lowest BCUT2D eigenvalue weighted by atomic mass is 9.80. The Morgan fingerprint density at radius 2 is 1.83 bits per heavy atom. The first kappa shape index (κ1) is 15.8. The number of carbonyl (C=O) groups excluding carboxylic acids is 2. The summed E-state index contributed by atoms with van der Waals surface area (Å²) in [5, 5.41) is 3.09. The molecule has 124 valence electrons. The van der Waals surface area contributed by atoms with Crippen molar-refractivity contribution in [2.24, 2.45) is 0 Å². The van der Waals surface area contributed by atoms with Gasteiger partial charge in [-0.2, -0.15) is 0 Å². The Hall–Kier alpha value is -2.04. The summed E-state index contributed by atoms with van der Waals surface area (Å²) in [7, 11) is 3.52. The number of carbonyl (C=O) groups is 2. The maximum atomic E-state index is 12.9. The smallest absolute Gasteiger partial charge is 0.322 e. The second-order valence-corrected chi connectivity index (χ2v) is 6.80. The summed E-state index contributed by atoms with van der Waals surface area (Å²) in [5.74, 6) is 0.0121. The highest BCUT2D eigenvalue weighted by Crippen LogP contribution is 2.32. The van der Waals surface area contributed by atoms with Crippen LogP contribution in [-0.4, -0.2) is 43.0 Å². The van der Waals surface area contributed by atoms with Crippen molar-refractivity contribution >= 4 is 17.6 Å². The molecule has 2 aliphatic rings. The van der Waals surface area contributed by atoms with Crippen LogP contribution in [0.4, 0.5) is 10.5 Å². The van der Waals surface area contributed by atoms with E-state index < -0.39 is 5.54 Å². The van der Waals surface area contributed by atoms with Gasteiger partial charge in [-0.3, -0.25) is 9.69 Å². The van der Waals surface area contributed by atoms with Crippen LogP contribution in [-0.2, 0) is 11.2 Å². The molecule has 1 aromatic carbocycles. The highest BCUT2D eigenvalue weighted by Gasteiger charge is 2.43. The predicted molar refractivity (Wildman–Crippen MR) is 90.5 cm³/mol. The number of benzene rings is 1. The van der Waals surface area contributed by atoms with Gasteiger partial charge < -0.3 is 10.2 Å². The van der Waals surface area contributed by atoms with Gasteiger partial charge in [0.15, 0.2) is 0 Å². The number of amides is 3. The summed E-state index contributed by atoms with van der Waals surface area (Å²) in [4.78, 5) is 28.9. The number of urea groups is 1. The largest absolute Gasteiger partial charge is 0.347 e. The van der Waals surface area contributed by atoms with Crippen molar-refractivity contribution in [3.8, 4) is 0 Å². The van der Waals surface area contributed by atoms with Crippen LogP contribution in [0.15, 0.2) is 24.3 Å². The number of hydrogen-bond donors (Lipinski definition) is 1. The molecule has 5 nitrogen and oxygen atoms in total. The minimum absolute atomic E-state index is 0.0121. The molecule has 1 fully saturated rings. The fourth-order valence-electron chi connectivity index (χ4n) is 3.80. The van der Waals surface area contributed by atoms with E-state index in [2.05, 4.69) is 11.4 Å². The standard InChI is InChI=1S/C18H25N3O2/c1-20(2)16(22)18(11-6-3-7-12-18)19-17(23)21-13-10-14-8-4-5-9-15(14)21/h4-5,8-9H,3,6-7,10-13H2,1-2H3,(H,19,23). The molecule has 1 heterocycles. The van der Waals surface area contributed by atoms with Crippen molar-refractivity contribution in [2.75, 3.05) is 25.5 Å². The second kappa shape index (κ2) is 6.22. The van der Waals surface area contributed by atoms with E-state index in [1.807, 2.05) is 18.2 Å². The van der Waals surface area contributed by atoms with Crippen molar-refractivity contribution in [2.45, 2.75) is 44.1 Å². The Kier molecular flexibility index (Phi) is 4.28. The molecule has 1 aliphatic carbocycles. The number of likely N-dealkylation sites (N-methyl/N-ethyl adjacent to an activating group) is 1. The van der Waals surface area contributed by atoms with Gasteiger partial charge in [-0.1, -0.05) is 37.5 Å². The normalized spacial score (nSPS) is 19.1. The summed E-state index contributed by atoms with van der Waals surface area (Å²) < 4.78 is 0. The van der Waals surface area contributed by atoms with Crippen LogP contribution in [0, 0.1) is 0 Å². The van der Waals surface area contributed by atoms with E-state index in [0.29, 0.717) is 6.54 Å². The topological polar surface area (TPSA) is 52.7 Å². The zero-order chi connectivity index (χ0) is 16.4. The van der Waals surface area contributed by atoms with Crippen molar-refractivity contribution < 1.29 is 9.59 Å². The fourth-order valence-corrected chi connectivity index (χ4v) is 3.80. The monoisotopic (exact) mass is 315 g/mol. The SMILES string of the molecule is CN(C)C(=O)C1(NC(=O)N2CCc3ccccc32)CCCCC1. The van der Waals surface area contributed by atoms with Crippen LogP contribution in [0.5, 0.6) is 0 Å². The summed E-state index contributed by atoms with van der Waals surface area (Å²) in [6.07, 6.45) is 5.42. The maximum absolute atomic E-state index is 12.9. The molecule has 0 atom stereocenters. The van der Waals surface area contributed by atoms with Crippen LogP contribution in [0.2, 0.25) is 0 Å². The number of para-hydroxylation sites is 1. The van der Waals surface area contributed by atoms with Gasteiger partial charge in [0.25, 0.3) is 0 Å². The first-order chi connectivity index (χ1) is 11.0. The lowest BCUT2D eigenvalue weighted by Crippen LogP contribution is -2.61. The number of nitrogens with one attached hydrogen (secondary N) is 1. The Balaban J connectivity index is 1.81. The molecule has 0 radical (unpaired) electrons. The average Bonchev–Trinajstić information content (AvgIpc) is 2.99. The van der Waals surface area contributed by atoms with E-state index >= 15 is 0 Å². The summed E-state index contributed by atoms with van der Waals surface area (Å²) >= 11 is 0. The zero-order valence-electron chi connectivity index (χ0n) is 14.0. The molecule has 3 amide bonds. The highest BCUT2D eigenvalue weighted by molar-refractivity contribution is 5.98. The van der Waals surface area contributed by atoms with E-state index in [1.54, 1.807) is 23.9 Å². The maximum Gasteiger partial charge on any atom is 0.322 e. The minimum Gasteiger partial charge on any atom is -0.347 e. The highest BCUT2D eigenvalue weighted by atomic mass is 16.2. The third-order valence-corrected chi connectivity index (χ3v) is 5.00. The van der Waals surface area contributed by atoms with E-state index in [9.17, 15) is 9.59 Å². The van der Waals surface area contributed by atoms with Gasteiger partial charge in [0.2, 0.25) is 5.91 Å². The third kappa shape index (κ3) is 2.92. The molecule has 0 saturated heterocycles. The Morgan fingerprint density at radius 1 is 1.13 bits per heavy atom. The van der Waals surface area contributed by atoms with Crippen LogP contribution in [0.3, 0.4) is 0 Å². The van der Waals surface area contributed by atoms with Gasteiger partial charge in [0.05, 0.1) is 0 Å². The number of rotatable bonds is 2. The van der Waals surface area contributed by atoms with E-state index in [0.717, 1.165) is 44.2 Å². The molecule has 3 rings (SSSR count). The second-order valence-electron chi connectivity index (χ2n) is 6.80. The number of anilines is 1. The van der Waals surface area contributed by atoms with E-state index in [1.165, 1.54) is 5.56 Å². The molecule has 1 saturated carbocycles. The molecule has 0 aromatic heterocycles. The molecule has 1 aliphatic heterocycles. The average molecular weight is 315 g/mol. The van der Waals surface area contributed by atoms with Gasteiger partial charge >= 0.3 is 6.03 Å². The number of fused-ring (bicyclic) bond motifs is 1. The molecule has 1 aromatic rings. The van der Waals surface area contributed by atoms with Gasteiger partial charge in [-0.05, 0) is 30.9 Å². The first-order valence-electron chi connectivity index (χ1n) is 8.43. The summed E-state index contributed by atoms with van der Waals surface area (Å²) in [6.45, 7) is 0.678. The van der Waals surface area contributed by atoms with Crippen LogP contribution in [0.25, 0.3) is 0 Å². The molecule has 23 heavy (non-hydrogen) atoms. The first-order valence-corrected chi connectivity index (χ1v) is 8.43. The summed E-state index contributed by atoms with van der Waals surface area (Å²) in [6, 6.07) is 7.84. The molecular formula is C18H25N3O2. The fraction of sp³-hybridized carbons (Fsp3) is 0.556. The Morgan fingerprint density at radius 3 is 2.52 bits per heavy atom. The van der Waals surface area contributed by atoms with Crippen molar-refractivity contribution in [1.29, 1.82) is 0 Å². The Bertz CT molecular complexity index is 606. The lowest BCUT2D eigenvalue weighted by molar-refractivity contribution is -0.136. The van der Waals surface area contributed by atoms with Crippen LogP contribution in [0.1, 0.15) is 37.7 Å². The van der Waals surface area contributed by atoms with Crippen molar-refractivity contribution in [3.63, 3.8) is 0 Å². The molecule has 5 heteroatoms. The molecule has 0 unspecified atom stereocenters.